The molecule has 0 bridgehead atoms. The molecule has 10 nitrogen and oxygen atoms in total. The number of esters is 1. The van der Waals surface area contributed by atoms with E-state index in [1.165, 1.54) is 7.11 Å². The largest absolute Gasteiger partial charge is 0.465 e. The zero-order valence-corrected chi connectivity index (χ0v) is 21.7. The molecule has 0 spiro atoms. The molecule has 1 aliphatic rings. The molecule has 196 valence electrons. The van der Waals surface area contributed by atoms with Crippen LogP contribution in [0.25, 0.3) is 28.1 Å². The van der Waals surface area contributed by atoms with E-state index in [9.17, 15) is 14.4 Å². The number of carbonyl (C=O) groups excluding carboxylic acids is 2. The van der Waals surface area contributed by atoms with Gasteiger partial charge in [0.05, 0.1) is 41.8 Å². The van der Waals surface area contributed by atoms with E-state index >= 15 is 0 Å². The van der Waals surface area contributed by atoms with E-state index in [0.29, 0.717) is 47.6 Å². The van der Waals surface area contributed by atoms with Crippen molar-refractivity contribution in [1.82, 2.24) is 24.0 Å². The number of methoxy groups -OCH3 is 1. The fraction of sp³-hybridized carbons (Fsp3) is 0.321. The molecule has 3 aromatic heterocycles. The number of hydrogen-bond acceptors (Lipinski definition) is 7. The summed E-state index contributed by atoms with van der Waals surface area (Å²) in [5.41, 5.74) is 2.96. The average molecular weight is 516 g/mol. The van der Waals surface area contributed by atoms with Crippen molar-refractivity contribution < 1.29 is 19.1 Å². The number of benzene rings is 1. The zero-order valence-electron chi connectivity index (χ0n) is 21.7. The first-order valence-corrected chi connectivity index (χ1v) is 12.4. The van der Waals surface area contributed by atoms with Crippen LogP contribution in [0.15, 0.2) is 65.7 Å². The lowest BCUT2D eigenvalue weighted by Crippen LogP contribution is -2.36. The Morgan fingerprint density at radius 2 is 1.79 bits per heavy atom. The quantitative estimate of drug-likeness (QED) is 0.375. The van der Waals surface area contributed by atoms with Crippen molar-refractivity contribution in [2.75, 3.05) is 20.2 Å². The van der Waals surface area contributed by atoms with Crippen molar-refractivity contribution in [2.45, 2.75) is 38.8 Å². The molecule has 4 heterocycles. The molecule has 5 rings (SSSR count). The molecule has 10 heteroatoms. The standard InChI is InChI=1S/C28H29N5O5/c1-28(2,3)38-27(36)31-15-13-21(17-31)33-24-23(6-5-14-29-24)32(26(33)35)20-11-12-22(30-16-20)18-7-9-19(10-8-18)25(34)37-4/h5-12,14,16,21H,13,15,17H2,1-4H3/t21-/m1/s1. The number of imidazole rings is 1. The zero-order chi connectivity index (χ0) is 27.0. The van der Waals surface area contributed by atoms with Gasteiger partial charge >= 0.3 is 17.8 Å². The van der Waals surface area contributed by atoms with Gasteiger partial charge in [0.25, 0.3) is 0 Å². The lowest BCUT2D eigenvalue weighted by Gasteiger charge is -2.24. The van der Waals surface area contributed by atoms with E-state index in [0.717, 1.165) is 5.56 Å². The van der Waals surface area contributed by atoms with Gasteiger partial charge in [-0.2, -0.15) is 0 Å². The Morgan fingerprint density at radius 3 is 2.45 bits per heavy atom. The van der Waals surface area contributed by atoms with Gasteiger partial charge in [-0.25, -0.2) is 19.4 Å². The molecule has 0 N–H and O–H groups in total. The summed E-state index contributed by atoms with van der Waals surface area (Å²) in [5, 5.41) is 0. The molecular formula is C28H29N5O5. The number of nitrogens with zero attached hydrogens (tertiary/aromatic N) is 5. The highest BCUT2D eigenvalue weighted by Crippen LogP contribution is 2.27. The molecule has 1 atom stereocenters. The van der Waals surface area contributed by atoms with Crippen LogP contribution >= 0.6 is 0 Å². The summed E-state index contributed by atoms with van der Waals surface area (Å²) >= 11 is 0. The van der Waals surface area contributed by atoms with Gasteiger partial charge in [-0.3, -0.25) is 14.1 Å². The predicted octanol–water partition coefficient (Wildman–Crippen LogP) is 4.22. The maximum absolute atomic E-state index is 13.7. The van der Waals surface area contributed by atoms with Crippen LogP contribution in [0, 0.1) is 0 Å². The minimum Gasteiger partial charge on any atom is -0.465 e. The summed E-state index contributed by atoms with van der Waals surface area (Å²) in [6.07, 6.45) is 3.53. The third-order valence-electron chi connectivity index (χ3n) is 6.42. The van der Waals surface area contributed by atoms with Crippen LogP contribution in [0.2, 0.25) is 0 Å². The van der Waals surface area contributed by atoms with Gasteiger partial charge < -0.3 is 14.4 Å². The third kappa shape index (κ3) is 4.77. The molecule has 1 aliphatic heterocycles. The number of carbonyl (C=O) groups is 2. The van der Waals surface area contributed by atoms with Gasteiger partial charge in [0.1, 0.15) is 5.60 Å². The fourth-order valence-electron chi connectivity index (χ4n) is 4.66. The number of fused-ring (bicyclic) bond motifs is 1. The van der Waals surface area contributed by atoms with Crippen LogP contribution in [0.1, 0.15) is 43.6 Å². The highest BCUT2D eigenvalue weighted by molar-refractivity contribution is 5.89. The second kappa shape index (κ2) is 9.77. The highest BCUT2D eigenvalue weighted by Gasteiger charge is 2.33. The number of hydrogen-bond donors (Lipinski definition) is 0. The van der Waals surface area contributed by atoms with E-state index in [1.54, 1.807) is 56.8 Å². The number of ether oxygens (including phenoxy) is 2. The highest BCUT2D eigenvalue weighted by atomic mass is 16.6. The lowest BCUT2D eigenvalue weighted by molar-refractivity contribution is 0.0288. The molecule has 38 heavy (non-hydrogen) atoms. The van der Waals surface area contributed by atoms with Gasteiger partial charge in [0.15, 0.2) is 5.65 Å². The number of amides is 1. The van der Waals surface area contributed by atoms with Crippen molar-refractivity contribution >= 4 is 23.2 Å². The normalized spacial score (nSPS) is 15.6. The summed E-state index contributed by atoms with van der Waals surface area (Å²) < 4.78 is 13.5. The molecule has 0 aliphatic carbocycles. The predicted molar refractivity (Wildman–Crippen MR) is 141 cm³/mol. The Balaban J connectivity index is 1.45. The molecule has 1 aromatic carbocycles. The number of likely N-dealkylation sites (tertiary alicyclic amines) is 1. The second-order valence-corrected chi connectivity index (χ2v) is 10.2. The van der Waals surface area contributed by atoms with Gasteiger partial charge in [0.2, 0.25) is 0 Å². The first-order valence-electron chi connectivity index (χ1n) is 12.4. The van der Waals surface area contributed by atoms with Gasteiger partial charge in [-0.05, 0) is 63.6 Å². The van der Waals surface area contributed by atoms with E-state index in [2.05, 4.69) is 9.97 Å². The van der Waals surface area contributed by atoms with Crippen LogP contribution in [0.5, 0.6) is 0 Å². The van der Waals surface area contributed by atoms with Crippen LogP contribution in [0.3, 0.4) is 0 Å². The van der Waals surface area contributed by atoms with Crippen molar-refractivity contribution in [2.24, 2.45) is 0 Å². The average Bonchev–Trinajstić information content (AvgIpc) is 3.49. The third-order valence-corrected chi connectivity index (χ3v) is 6.42. The Bertz CT molecular complexity index is 1550. The first kappa shape index (κ1) is 25.2. The molecule has 1 saturated heterocycles. The summed E-state index contributed by atoms with van der Waals surface area (Å²) in [4.78, 5) is 48.8. The van der Waals surface area contributed by atoms with E-state index < -0.39 is 11.6 Å². The summed E-state index contributed by atoms with van der Waals surface area (Å²) in [7, 11) is 1.34. The summed E-state index contributed by atoms with van der Waals surface area (Å²) in [6.45, 7) is 6.35. The number of rotatable bonds is 4. The number of pyridine rings is 2. The van der Waals surface area contributed by atoms with Crippen molar-refractivity contribution in [3.05, 3.63) is 77.0 Å². The first-order chi connectivity index (χ1) is 18.2. The smallest absolute Gasteiger partial charge is 0.410 e. The van der Waals surface area contributed by atoms with Crippen LogP contribution in [0.4, 0.5) is 4.79 Å². The lowest BCUT2D eigenvalue weighted by atomic mass is 10.1. The maximum Gasteiger partial charge on any atom is 0.410 e. The molecule has 0 unspecified atom stereocenters. The summed E-state index contributed by atoms with van der Waals surface area (Å²) in [6, 6.07) is 14.0. The van der Waals surface area contributed by atoms with Crippen LogP contribution < -0.4 is 5.69 Å². The Kier molecular flexibility index (Phi) is 6.48. The molecule has 1 fully saturated rings. The minimum atomic E-state index is -0.591. The van der Waals surface area contributed by atoms with E-state index in [4.69, 9.17) is 9.47 Å². The molecule has 1 amide bonds. The SMILES string of the molecule is COC(=O)c1ccc(-c2ccc(-n3c(=O)n([C@@H]4CCN(C(=O)OC(C)(C)C)C4)c4ncccc43)cn2)cc1. The molecule has 4 aromatic rings. The Hall–Kier alpha value is -4.47. The topological polar surface area (TPSA) is 109 Å². The monoisotopic (exact) mass is 515 g/mol. The van der Waals surface area contributed by atoms with Crippen molar-refractivity contribution in [3.8, 4) is 16.9 Å². The maximum atomic E-state index is 13.7. The molecule has 0 saturated carbocycles. The van der Waals surface area contributed by atoms with Gasteiger partial charge in [0, 0.05) is 24.8 Å². The van der Waals surface area contributed by atoms with E-state index in [1.807, 2.05) is 39.0 Å². The van der Waals surface area contributed by atoms with Crippen LogP contribution in [-0.2, 0) is 9.47 Å². The molecular weight excluding hydrogens is 486 g/mol. The van der Waals surface area contributed by atoms with Crippen LogP contribution in [-0.4, -0.2) is 61.9 Å². The minimum absolute atomic E-state index is 0.228. The van der Waals surface area contributed by atoms with Crippen molar-refractivity contribution in [3.63, 3.8) is 0 Å². The second-order valence-electron chi connectivity index (χ2n) is 10.2. The number of aromatic nitrogens is 4. The van der Waals surface area contributed by atoms with E-state index in [-0.39, 0.29) is 17.8 Å². The van der Waals surface area contributed by atoms with Crippen molar-refractivity contribution in [1.29, 1.82) is 0 Å². The Morgan fingerprint density at radius 1 is 1.03 bits per heavy atom. The Labute approximate surface area is 219 Å². The molecule has 0 radical (unpaired) electrons. The fourth-order valence-corrected chi connectivity index (χ4v) is 4.66. The van der Waals surface area contributed by atoms with Gasteiger partial charge in [-0.15, -0.1) is 0 Å². The van der Waals surface area contributed by atoms with Gasteiger partial charge in [-0.1, -0.05) is 12.1 Å². The summed E-state index contributed by atoms with van der Waals surface area (Å²) in [5.74, 6) is -0.402.